The quantitative estimate of drug-likeness (QED) is 0.278. The molecule has 0 fully saturated rings. The molecule has 0 bridgehead atoms. The molecule has 4 nitrogen and oxygen atoms in total. The first-order valence-corrected chi connectivity index (χ1v) is 12.8. The van der Waals surface area contributed by atoms with Crippen LogP contribution in [0.3, 0.4) is 0 Å². The van der Waals surface area contributed by atoms with Crippen molar-refractivity contribution in [2.45, 2.75) is 39.2 Å². The molecule has 0 atom stereocenters. The largest absolute Gasteiger partial charge is 0.489 e. The molecule has 1 amide bonds. The predicted molar refractivity (Wildman–Crippen MR) is 145 cm³/mol. The molecule has 176 valence electrons. The number of amides is 1. The average Bonchev–Trinajstić information content (AvgIpc) is 3.27. The molecule has 0 unspecified atom stereocenters. The summed E-state index contributed by atoms with van der Waals surface area (Å²) in [5.41, 5.74) is 6.04. The second-order valence-electron chi connectivity index (χ2n) is 8.81. The van der Waals surface area contributed by atoms with Crippen LogP contribution in [-0.2, 0) is 19.4 Å². The summed E-state index contributed by atoms with van der Waals surface area (Å²) >= 11 is 1.65. The number of anilines is 1. The number of aryl methyl sites for hydroxylation is 2. The van der Waals surface area contributed by atoms with Crippen molar-refractivity contribution in [1.82, 2.24) is 0 Å². The highest BCUT2D eigenvalue weighted by molar-refractivity contribution is 7.16. The minimum absolute atomic E-state index is 0.0809. The Labute approximate surface area is 210 Å². The second kappa shape index (κ2) is 10.7. The summed E-state index contributed by atoms with van der Waals surface area (Å²) in [7, 11) is 0. The minimum atomic E-state index is -0.0809. The van der Waals surface area contributed by atoms with Gasteiger partial charge >= 0.3 is 0 Å². The zero-order chi connectivity index (χ0) is 24.0. The number of rotatable bonds is 7. The number of benzene rings is 3. The maximum absolute atomic E-state index is 13.2. The Bertz CT molecular complexity index is 1320. The van der Waals surface area contributed by atoms with Crippen LogP contribution in [0.5, 0.6) is 5.75 Å². The van der Waals surface area contributed by atoms with E-state index in [9.17, 15) is 4.79 Å². The molecule has 3 aromatic carbocycles. The van der Waals surface area contributed by atoms with Crippen molar-refractivity contribution in [3.8, 4) is 5.75 Å². The van der Waals surface area contributed by atoms with Crippen LogP contribution in [0, 0.1) is 6.92 Å². The predicted octanol–water partition coefficient (Wildman–Crippen LogP) is 7.52. The molecule has 1 aromatic heterocycles. The first kappa shape index (κ1) is 23.1. The van der Waals surface area contributed by atoms with E-state index < -0.39 is 0 Å². The van der Waals surface area contributed by atoms with Gasteiger partial charge in [0.05, 0.1) is 5.56 Å². The summed E-state index contributed by atoms with van der Waals surface area (Å²) in [4.78, 5) is 19.3. The van der Waals surface area contributed by atoms with Gasteiger partial charge in [0.1, 0.15) is 17.4 Å². The molecule has 0 saturated carbocycles. The van der Waals surface area contributed by atoms with E-state index in [1.165, 1.54) is 22.4 Å². The molecule has 5 rings (SSSR count). The van der Waals surface area contributed by atoms with Gasteiger partial charge in [-0.15, -0.1) is 11.3 Å². The van der Waals surface area contributed by atoms with E-state index in [1.54, 1.807) is 11.3 Å². The topological polar surface area (TPSA) is 50.7 Å². The monoisotopic (exact) mass is 480 g/mol. The highest BCUT2D eigenvalue weighted by Crippen LogP contribution is 2.40. The van der Waals surface area contributed by atoms with Crippen LogP contribution in [0.1, 0.15) is 50.3 Å². The summed E-state index contributed by atoms with van der Waals surface area (Å²) < 4.78 is 5.92. The van der Waals surface area contributed by atoms with Gasteiger partial charge in [0, 0.05) is 16.8 Å². The lowest BCUT2D eigenvalue weighted by Crippen LogP contribution is -2.14. The number of hydrogen-bond donors (Lipinski definition) is 1. The van der Waals surface area contributed by atoms with Crippen LogP contribution in [0.2, 0.25) is 0 Å². The average molecular weight is 481 g/mol. The Kier molecular flexibility index (Phi) is 7.05. The van der Waals surface area contributed by atoms with Crippen molar-refractivity contribution in [3.63, 3.8) is 0 Å². The molecule has 0 spiro atoms. The Morgan fingerprint density at radius 2 is 1.71 bits per heavy atom. The van der Waals surface area contributed by atoms with Crippen LogP contribution in [-0.4, -0.2) is 12.1 Å². The number of nitrogens with one attached hydrogen (secondary N) is 1. The van der Waals surface area contributed by atoms with E-state index in [2.05, 4.69) is 36.5 Å². The number of para-hydroxylation sites is 1. The summed E-state index contributed by atoms with van der Waals surface area (Å²) in [5, 5.41) is 3.83. The standard InChI is InChI=1S/C30H28N2O2S/c1-21-11-13-23(14-12-21)20-34-25-17-15-22(16-18-25)19-31-30-28(26-9-5-6-10-27(26)35-30)29(33)32-24-7-3-2-4-8-24/h2-4,7-8,11-19H,5-6,9-10,20H2,1H3,(H,32,33). The van der Waals surface area contributed by atoms with E-state index >= 15 is 0 Å². The first-order chi connectivity index (χ1) is 17.2. The van der Waals surface area contributed by atoms with Crippen LogP contribution < -0.4 is 10.1 Å². The number of thiophene rings is 1. The van der Waals surface area contributed by atoms with Gasteiger partial charge in [-0.3, -0.25) is 4.79 Å². The number of carbonyl (C=O) groups is 1. The summed E-state index contributed by atoms with van der Waals surface area (Å²) in [6.45, 7) is 2.61. The van der Waals surface area contributed by atoms with Gasteiger partial charge in [0.2, 0.25) is 0 Å². The van der Waals surface area contributed by atoms with Crippen LogP contribution in [0.15, 0.2) is 83.9 Å². The van der Waals surface area contributed by atoms with E-state index in [1.807, 2.05) is 60.8 Å². The molecular weight excluding hydrogens is 452 g/mol. The SMILES string of the molecule is Cc1ccc(COc2ccc(C=Nc3sc4c(c3C(=O)Nc3ccccc3)CCCC4)cc2)cc1. The summed E-state index contributed by atoms with van der Waals surface area (Å²) in [6.07, 6.45) is 6.07. The van der Waals surface area contributed by atoms with Gasteiger partial charge in [-0.1, -0.05) is 48.0 Å². The van der Waals surface area contributed by atoms with Crippen molar-refractivity contribution >= 4 is 34.1 Å². The highest BCUT2D eigenvalue weighted by Gasteiger charge is 2.25. The molecule has 1 heterocycles. The van der Waals surface area contributed by atoms with Gasteiger partial charge in [0.25, 0.3) is 5.91 Å². The molecule has 0 radical (unpaired) electrons. The Morgan fingerprint density at radius 3 is 2.49 bits per heavy atom. The fraction of sp³-hybridized carbons (Fsp3) is 0.200. The lowest BCUT2D eigenvalue weighted by Gasteiger charge is -2.12. The van der Waals surface area contributed by atoms with E-state index in [0.29, 0.717) is 6.61 Å². The van der Waals surface area contributed by atoms with E-state index in [0.717, 1.165) is 52.4 Å². The van der Waals surface area contributed by atoms with Gasteiger partial charge in [-0.25, -0.2) is 4.99 Å². The molecule has 0 aliphatic heterocycles. The third-order valence-electron chi connectivity index (χ3n) is 6.15. The van der Waals surface area contributed by atoms with Crippen LogP contribution >= 0.6 is 11.3 Å². The minimum Gasteiger partial charge on any atom is -0.489 e. The van der Waals surface area contributed by atoms with Crippen molar-refractivity contribution in [2.75, 3.05) is 5.32 Å². The van der Waals surface area contributed by atoms with Gasteiger partial charge in [-0.05, 0) is 85.7 Å². The number of aliphatic imine (C=N–C) groups is 1. The smallest absolute Gasteiger partial charge is 0.259 e. The fourth-order valence-electron chi connectivity index (χ4n) is 4.23. The Hall–Kier alpha value is -3.70. The van der Waals surface area contributed by atoms with Crippen molar-refractivity contribution in [3.05, 3.63) is 112 Å². The number of hydrogen-bond acceptors (Lipinski definition) is 4. The third kappa shape index (κ3) is 5.69. The number of nitrogens with zero attached hydrogens (tertiary/aromatic N) is 1. The van der Waals surface area contributed by atoms with Gasteiger partial charge < -0.3 is 10.1 Å². The summed E-state index contributed by atoms with van der Waals surface area (Å²) in [6, 6.07) is 25.8. The molecule has 4 aromatic rings. The summed E-state index contributed by atoms with van der Waals surface area (Å²) in [5.74, 6) is 0.736. The molecule has 1 N–H and O–H groups in total. The van der Waals surface area contributed by atoms with Crippen LogP contribution in [0.25, 0.3) is 0 Å². The second-order valence-corrected chi connectivity index (χ2v) is 9.90. The zero-order valence-electron chi connectivity index (χ0n) is 19.8. The number of fused-ring (bicyclic) bond motifs is 1. The highest BCUT2D eigenvalue weighted by atomic mass is 32.1. The van der Waals surface area contributed by atoms with Crippen molar-refractivity contribution in [1.29, 1.82) is 0 Å². The van der Waals surface area contributed by atoms with Gasteiger partial charge in [0.15, 0.2) is 0 Å². The molecule has 5 heteroatoms. The maximum Gasteiger partial charge on any atom is 0.259 e. The molecule has 35 heavy (non-hydrogen) atoms. The van der Waals surface area contributed by atoms with E-state index in [4.69, 9.17) is 9.73 Å². The van der Waals surface area contributed by atoms with Crippen LogP contribution in [0.4, 0.5) is 10.7 Å². The molecular formula is C30H28N2O2S. The van der Waals surface area contributed by atoms with Gasteiger partial charge in [-0.2, -0.15) is 0 Å². The lowest BCUT2D eigenvalue weighted by molar-refractivity contribution is 0.102. The molecule has 1 aliphatic rings. The van der Waals surface area contributed by atoms with Crippen molar-refractivity contribution < 1.29 is 9.53 Å². The molecule has 0 saturated heterocycles. The number of carbonyl (C=O) groups excluding carboxylic acids is 1. The first-order valence-electron chi connectivity index (χ1n) is 12.0. The molecule has 1 aliphatic carbocycles. The van der Waals surface area contributed by atoms with Crippen molar-refractivity contribution in [2.24, 2.45) is 4.99 Å². The Morgan fingerprint density at radius 1 is 0.971 bits per heavy atom. The van der Waals surface area contributed by atoms with E-state index in [-0.39, 0.29) is 5.91 Å². The third-order valence-corrected chi connectivity index (χ3v) is 7.35. The normalized spacial score (nSPS) is 12.9. The maximum atomic E-state index is 13.2. The number of ether oxygens (including phenoxy) is 1. The Balaban J connectivity index is 1.31. The lowest BCUT2D eigenvalue weighted by atomic mass is 9.95. The fourth-order valence-corrected chi connectivity index (χ4v) is 5.46. The zero-order valence-corrected chi connectivity index (χ0v) is 20.6.